The van der Waals surface area contributed by atoms with E-state index in [9.17, 15) is 0 Å². The Morgan fingerprint density at radius 1 is 0.558 bits per heavy atom. The van der Waals surface area contributed by atoms with Crippen molar-refractivity contribution in [2.75, 3.05) is 13.2 Å². The van der Waals surface area contributed by atoms with Crippen molar-refractivity contribution < 1.29 is 27.9 Å². The van der Waals surface area contributed by atoms with Crippen molar-refractivity contribution in [1.82, 2.24) is 0 Å². The van der Waals surface area contributed by atoms with Gasteiger partial charge < -0.3 is 33.7 Å². The second kappa shape index (κ2) is 16.7. The van der Waals surface area contributed by atoms with Gasteiger partial charge in [-0.1, -0.05) is 74.5 Å². The maximum atomic E-state index is 6.90. The van der Waals surface area contributed by atoms with Crippen LogP contribution in [0, 0.1) is 0 Å². The highest BCUT2D eigenvalue weighted by Gasteiger charge is 2.30. The summed E-state index contributed by atoms with van der Waals surface area (Å²) in [6.07, 6.45) is 2.12. The first kappa shape index (κ1) is 32.0. The van der Waals surface area contributed by atoms with Gasteiger partial charge in [-0.15, -0.1) is 0 Å². The second-order valence-electron chi connectivity index (χ2n) is 9.82. The second-order valence-corrected chi connectivity index (χ2v) is 9.82. The van der Waals surface area contributed by atoms with Gasteiger partial charge in [-0.25, -0.2) is 0 Å². The zero-order valence-electron chi connectivity index (χ0n) is 25.5. The van der Waals surface area contributed by atoms with Crippen molar-refractivity contribution in [1.29, 1.82) is 0 Å². The van der Waals surface area contributed by atoms with Gasteiger partial charge in [0.05, 0.1) is 0 Å². The molecule has 0 fully saturated rings. The Morgan fingerprint density at radius 3 is 1.53 bits per heavy atom. The molecular formula is C34H41B2NO6. The van der Waals surface area contributed by atoms with E-state index in [1.54, 1.807) is 0 Å². The molecule has 1 atom stereocenters. The molecule has 4 aromatic carbocycles. The molecule has 0 saturated carbocycles. The molecule has 7 nitrogen and oxygen atoms in total. The molecule has 2 N–H and O–H groups in total. The van der Waals surface area contributed by atoms with Crippen molar-refractivity contribution in [3.05, 3.63) is 119 Å². The van der Waals surface area contributed by atoms with E-state index in [0.717, 1.165) is 35.1 Å². The van der Waals surface area contributed by atoms with Gasteiger partial charge in [0.2, 0.25) is 0 Å². The zero-order chi connectivity index (χ0) is 30.4. The molecule has 0 amide bonds. The maximum Gasteiger partial charge on any atom is 0.788 e. The molecule has 43 heavy (non-hydrogen) atoms. The van der Waals surface area contributed by atoms with Gasteiger partial charge in [-0.05, 0) is 91.8 Å². The zero-order valence-corrected chi connectivity index (χ0v) is 25.5. The molecule has 0 spiro atoms. The van der Waals surface area contributed by atoms with Crippen LogP contribution in [0.25, 0.3) is 0 Å². The molecule has 0 saturated heterocycles. The standard InChI is InChI=1S/C34H41B2NO6/c1-5-29-26(17-15-23-33(29)42-35(38-7-3)40-27-18-11-9-12-19-27)25-32(37)31-22-16-24-34(30(31)6-2)43-36(39-8-4)41-28-20-13-10-14-21-28/h9-24,32H,5-8,25,37H2,1-4H3. The molecule has 4 rings (SSSR count). The van der Waals surface area contributed by atoms with Crippen molar-refractivity contribution in [2.45, 2.75) is 53.0 Å². The fraction of sp³-hybridized carbons (Fsp3) is 0.294. The van der Waals surface area contributed by atoms with Gasteiger partial charge in [0.1, 0.15) is 23.0 Å². The monoisotopic (exact) mass is 581 g/mol. The van der Waals surface area contributed by atoms with E-state index >= 15 is 0 Å². The van der Waals surface area contributed by atoms with Crippen molar-refractivity contribution in [3.8, 4) is 23.0 Å². The maximum absolute atomic E-state index is 6.90. The molecule has 1 unspecified atom stereocenters. The van der Waals surface area contributed by atoms with E-state index in [0.29, 0.717) is 42.6 Å². The number of para-hydroxylation sites is 2. The topological polar surface area (TPSA) is 81.4 Å². The highest BCUT2D eigenvalue weighted by atomic mass is 16.7. The number of hydrogen-bond acceptors (Lipinski definition) is 7. The third kappa shape index (κ3) is 9.04. The molecule has 0 bridgehead atoms. The smallest absolute Gasteiger partial charge is 0.501 e. The van der Waals surface area contributed by atoms with Gasteiger partial charge in [0.15, 0.2) is 0 Å². The third-order valence-corrected chi connectivity index (χ3v) is 6.95. The molecule has 224 valence electrons. The SMILES string of the molecule is CCOB(Oc1ccccc1)Oc1cccc(CC(N)c2cccc(OB(OCC)Oc3ccccc3)c2CC)c1CC. The highest BCUT2D eigenvalue weighted by Crippen LogP contribution is 2.32. The number of hydrogen-bond donors (Lipinski definition) is 1. The Labute approximate surface area is 256 Å². The Balaban J connectivity index is 1.53. The fourth-order valence-electron chi connectivity index (χ4n) is 4.96. The van der Waals surface area contributed by atoms with Crippen LogP contribution in [0.15, 0.2) is 97.1 Å². The quantitative estimate of drug-likeness (QED) is 0.134. The largest absolute Gasteiger partial charge is 0.788 e. The molecule has 0 radical (unpaired) electrons. The predicted octanol–water partition coefficient (Wildman–Crippen LogP) is 7.01. The predicted molar refractivity (Wildman–Crippen MR) is 172 cm³/mol. The molecule has 0 aliphatic carbocycles. The average Bonchev–Trinajstić information content (AvgIpc) is 3.02. The lowest BCUT2D eigenvalue weighted by molar-refractivity contribution is 0.210. The van der Waals surface area contributed by atoms with E-state index < -0.39 is 14.6 Å². The van der Waals surface area contributed by atoms with Crippen molar-refractivity contribution in [2.24, 2.45) is 5.73 Å². The fourth-order valence-corrected chi connectivity index (χ4v) is 4.96. The van der Waals surface area contributed by atoms with Gasteiger partial charge in [-0.3, -0.25) is 0 Å². The summed E-state index contributed by atoms with van der Waals surface area (Å²) in [5.74, 6) is 2.75. The lowest BCUT2D eigenvalue weighted by Crippen LogP contribution is -2.34. The molecule has 0 aliphatic heterocycles. The van der Waals surface area contributed by atoms with Crippen molar-refractivity contribution >= 4 is 14.6 Å². The summed E-state index contributed by atoms with van der Waals surface area (Å²) in [6.45, 7) is 8.91. The number of benzene rings is 4. The summed E-state index contributed by atoms with van der Waals surface area (Å²) in [5.41, 5.74) is 11.1. The molecule has 0 aromatic heterocycles. The summed E-state index contributed by atoms with van der Waals surface area (Å²) >= 11 is 0. The van der Waals surface area contributed by atoms with Gasteiger partial charge in [0, 0.05) is 19.3 Å². The van der Waals surface area contributed by atoms with E-state index in [-0.39, 0.29) is 6.04 Å². The third-order valence-electron chi connectivity index (χ3n) is 6.95. The van der Waals surface area contributed by atoms with Crippen molar-refractivity contribution in [3.63, 3.8) is 0 Å². The van der Waals surface area contributed by atoms with Crippen LogP contribution in [-0.4, -0.2) is 27.9 Å². The molecular weight excluding hydrogens is 540 g/mol. The molecule has 4 aromatic rings. The van der Waals surface area contributed by atoms with Crippen LogP contribution < -0.4 is 24.4 Å². The van der Waals surface area contributed by atoms with E-state index in [1.165, 1.54) is 0 Å². The minimum Gasteiger partial charge on any atom is -0.501 e. The van der Waals surface area contributed by atoms with E-state index in [1.807, 2.05) is 98.8 Å². The van der Waals surface area contributed by atoms with Crippen LogP contribution in [0.3, 0.4) is 0 Å². The lowest BCUT2D eigenvalue weighted by atomic mass is 9.91. The Kier molecular flexibility index (Phi) is 12.4. The Morgan fingerprint density at radius 2 is 1.05 bits per heavy atom. The van der Waals surface area contributed by atoms with Crippen LogP contribution in [0.2, 0.25) is 0 Å². The minimum absolute atomic E-state index is 0.275. The minimum atomic E-state index is -0.888. The first-order valence-electron chi connectivity index (χ1n) is 15.0. The van der Waals surface area contributed by atoms with Gasteiger partial charge >= 0.3 is 14.6 Å². The van der Waals surface area contributed by atoms with Gasteiger partial charge in [-0.2, -0.15) is 0 Å². The summed E-state index contributed by atoms with van der Waals surface area (Å²) in [4.78, 5) is 0. The molecule has 0 heterocycles. The van der Waals surface area contributed by atoms with Gasteiger partial charge in [0.25, 0.3) is 0 Å². The van der Waals surface area contributed by atoms with E-state index in [4.69, 9.17) is 33.7 Å². The average molecular weight is 581 g/mol. The molecule has 0 aliphatic rings. The van der Waals surface area contributed by atoms with Crippen LogP contribution in [0.1, 0.15) is 56.0 Å². The lowest BCUT2D eigenvalue weighted by Gasteiger charge is -2.23. The number of nitrogens with two attached hydrogens (primary N) is 1. The normalized spacial score (nSPS) is 11.5. The number of rotatable bonds is 17. The Bertz CT molecular complexity index is 1390. The van der Waals surface area contributed by atoms with E-state index in [2.05, 4.69) is 26.0 Å². The summed E-state index contributed by atoms with van der Waals surface area (Å²) in [5, 5.41) is 0. The summed E-state index contributed by atoms with van der Waals surface area (Å²) in [6, 6.07) is 30.7. The molecule has 9 heteroatoms. The van der Waals surface area contributed by atoms with Crippen LogP contribution in [0.5, 0.6) is 23.0 Å². The van der Waals surface area contributed by atoms with Crippen LogP contribution >= 0.6 is 0 Å². The van der Waals surface area contributed by atoms with Crippen LogP contribution in [0.4, 0.5) is 0 Å². The summed E-state index contributed by atoms with van der Waals surface area (Å²) < 4.78 is 36.0. The highest BCUT2D eigenvalue weighted by molar-refractivity contribution is 6.39. The Hall–Kier alpha value is -3.91. The first-order chi connectivity index (χ1) is 21.1. The first-order valence-corrected chi connectivity index (χ1v) is 15.0. The van der Waals surface area contributed by atoms with Crippen LogP contribution in [-0.2, 0) is 28.6 Å². The summed E-state index contributed by atoms with van der Waals surface area (Å²) in [7, 11) is -1.76.